The average molecular weight is 287 g/mol. The van der Waals surface area contributed by atoms with Crippen LogP contribution in [0.25, 0.3) is 0 Å². The fourth-order valence-corrected chi connectivity index (χ4v) is 1.89. The molecule has 1 aromatic carbocycles. The van der Waals surface area contributed by atoms with Crippen LogP contribution in [0.15, 0.2) is 22.7 Å². The van der Waals surface area contributed by atoms with Crippen molar-refractivity contribution in [3.8, 4) is 0 Å². The molecular weight excluding hydrogens is 272 g/mol. The van der Waals surface area contributed by atoms with Crippen molar-refractivity contribution in [1.29, 1.82) is 0 Å². The maximum atomic E-state index is 10.7. The minimum atomic E-state index is -0.379. The van der Waals surface area contributed by atoms with Gasteiger partial charge in [0.2, 0.25) is 0 Å². The molecule has 0 amide bonds. The maximum absolute atomic E-state index is 10.7. The molecule has 0 radical (unpaired) electrons. The van der Waals surface area contributed by atoms with Crippen LogP contribution in [0, 0.1) is 16.0 Å². The fourth-order valence-electron chi connectivity index (χ4n) is 1.34. The molecule has 0 aromatic heterocycles. The van der Waals surface area contributed by atoms with Gasteiger partial charge in [0, 0.05) is 12.6 Å². The molecule has 1 N–H and O–H groups in total. The molecule has 0 atom stereocenters. The molecule has 0 bridgehead atoms. The monoisotopic (exact) mass is 286 g/mol. The van der Waals surface area contributed by atoms with E-state index in [9.17, 15) is 10.1 Å². The Balaban J connectivity index is 2.73. The number of nitro benzene ring substituents is 1. The molecule has 0 heterocycles. The second-order valence-electron chi connectivity index (χ2n) is 4.03. The molecule has 0 spiro atoms. The third-order valence-corrected chi connectivity index (χ3v) is 3.04. The first-order valence-electron chi connectivity index (χ1n) is 5.15. The van der Waals surface area contributed by atoms with E-state index in [1.165, 1.54) is 6.07 Å². The lowest BCUT2D eigenvalue weighted by atomic mass is 10.2. The van der Waals surface area contributed by atoms with E-state index in [0.717, 1.165) is 12.1 Å². The Labute approximate surface area is 103 Å². The minimum Gasteiger partial charge on any atom is -0.312 e. The highest BCUT2D eigenvalue weighted by molar-refractivity contribution is 9.10. The van der Waals surface area contributed by atoms with Gasteiger partial charge in [0.15, 0.2) is 0 Å². The number of nitrogens with zero attached hydrogens (tertiary/aromatic N) is 1. The van der Waals surface area contributed by atoms with E-state index >= 15 is 0 Å². The smallest absolute Gasteiger partial charge is 0.283 e. The molecule has 0 aliphatic rings. The van der Waals surface area contributed by atoms with Gasteiger partial charge in [0.25, 0.3) is 5.69 Å². The van der Waals surface area contributed by atoms with Crippen LogP contribution in [-0.4, -0.2) is 11.5 Å². The van der Waals surface area contributed by atoms with Crippen LogP contribution in [0.4, 0.5) is 5.69 Å². The van der Waals surface area contributed by atoms with Crippen LogP contribution < -0.4 is 5.32 Å². The molecule has 16 heavy (non-hydrogen) atoms. The molecule has 0 saturated heterocycles. The third-order valence-electron chi connectivity index (χ3n) is 2.12. The summed E-state index contributed by atoms with van der Waals surface area (Å²) < 4.78 is 0.566. The molecule has 88 valence electrons. The Hall–Kier alpha value is -0.940. The summed E-state index contributed by atoms with van der Waals surface area (Å²) in [6, 6.07) is 5.08. The Kier molecular flexibility index (Phi) is 4.89. The van der Waals surface area contributed by atoms with Crippen molar-refractivity contribution >= 4 is 21.6 Å². The first kappa shape index (κ1) is 13.1. The lowest BCUT2D eigenvalue weighted by molar-refractivity contribution is -0.385. The van der Waals surface area contributed by atoms with E-state index in [4.69, 9.17) is 0 Å². The molecule has 0 fully saturated rings. The highest BCUT2D eigenvalue weighted by atomic mass is 79.9. The Morgan fingerprint density at radius 1 is 1.50 bits per heavy atom. The van der Waals surface area contributed by atoms with Gasteiger partial charge in [-0.1, -0.05) is 26.0 Å². The van der Waals surface area contributed by atoms with E-state index in [0.29, 0.717) is 16.9 Å². The van der Waals surface area contributed by atoms with Gasteiger partial charge in [-0.15, -0.1) is 0 Å². The number of rotatable bonds is 5. The zero-order valence-corrected chi connectivity index (χ0v) is 11.0. The van der Waals surface area contributed by atoms with Gasteiger partial charge in [0.05, 0.1) is 9.40 Å². The predicted molar refractivity (Wildman–Crippen MR) is 67.3 cm³/mol. The van der Waals surface area contributed by atoms with Gasteiger partial charge < -0.3 is 5.32 Å². The Morgan fingerprint density at radius 3 is 2.75 bits per heavy atom. The first-order chi connectivity index (χ1) is 7.52. The molecule has 4 nitrogen and oxygen atoms in total. The summed E-state index contributed by atoms with van der Waals surface area (Å²) in [7, 11) is 0. The predicted octanol–water partition coefficient (Wildman–Crippen LogP) is 3.10. The summed E-state index contributed by atoms with van der Waals surface area (Å²) in [5, 5.41) is 14.0. The summed E-state index contributed by atoms with van der Waals surface area (Å²) in [4.78, 5) is 10.3. The van der Waals surface area contributed by atoms with Gasteiger partial charge >= 0.3 is 0 Å². The Bertz CT molecular complexity index is 380. The van der Waals surface area contributed by atoms with E-state index in [-0.39, 0.29) is 10.6 Å². The highest BCUT2D eigenvalue weighted by Crippen LogP contribution is 2.28. The number of hydrogen-bond acceptors (Lipinski definition) is 3. The normalized spacial score (nSPS) is 10.8. The second-order valence-corrected chi connectivity index (χ2v) is 4.83. The Morgan fingerprint density at radius 2 is 2.19 bits per heavy atom. The second kappa shape index (κ2) is 5.96. The van der Waals surface area contributed by atoms with Gasteiger partial charge in [-0.25, -0.2) is 0 Å². The number of halogens is 1. The zero-order chi connectivity index (χ0) is 12.1. The zero-order valence-electron chi connectivity index (χ0n) is 9.37. The molecular formula is C11H15BrN2O2. The van der Waals surface area contributed by atoms with Gasteiger partial charge in [0.1, 0.15) is 0 Å². The molecule has 1 rings (SSSR count). The molecule has 5 heteroatoms. The van der Waals surface area contributed by atoms with E-state index in [2.05, 4.69) is 35.1 Å². The fraction of sp³-hybridized carbons (Fsp3) is 0.455. The van der Waals surface area contributed by atoms with Crippen molar-refractivity contribution in [3.05, 3.63) is 38.3 Å². The van der Waals surface area contributed by atoms with E-state index in [1.807, 2.05) is 6.07 Å². The van der Waals surface area contributed by atoms with Gasteiger partial charge in [-0.3, -0.25) is 10.1 Å². The van der Waals surface area contributed by atoms with Crippen molar-refractivity contribution < 1.29 is 4.92 Å². The van der Waals surface area contributed by atoms with Crippen molar-refractivity contribution in [2.24, 2.45) is 5.92 Å². The third kappa shape index (κ3) is 3.57. The van der Waals surface area contributed by atoms with Gasteiger partial charge in [-0.2, -0.15) is 0 Å². The number of benzene rings is 1. The largest absolute Gasteiger partial charge is 0.312 e. The summed E-state index contributed by atoms with van der Waals surface area (Å²) in [6.07, 6.45) is 0. The average Bonchev–Trinajstić information content (AvgIpc) is 2.19. The van der Waals surface area contributed by atoms with Crippen LogP contribution >= 0.6 is 15.9 Å². The SMILES string of the molecule is CC(C)CNCc1cccc([N+](=O)[O-])c1Br. The minimum absolute atomic E-state index is 0.115. The highest BCUT2D eigenvalue weighted by Gasteiger charge is 2.14. The molecule has 0 aliphatic heterocycles. The maximum Gasteiger partial charge on any atom is 0.283 e. The lowest BCUT2D eigenvalue weighted by Crippen LogP contribution is -2.19. The van der Waals surface area contributed by atoms with Crippen LogP contribution in [0.3, 0.4) is 0 Å². The van der Waals surface area contributed by atoms with Crippen molar-refractivity contribution in [1.82, 2.24) is 5.32 Å². The quantitative estimate of drug-likeness (QED) is 0.668. The van der Waals surface area contributed by atoms with Gasteiger partial charge in [-0.05, 0) is 34.0 Å². The molecule has 1 aromatic rings. The summed E-state index contributed by atoms with van der Waals surface area (Å²) in [6.45, 7) is 5.78. The van der Waals surface area contributed by atoms with Crippen LogP contribution in [0.5, 0.6) is 0 Å². The van der Waals surface area contributed by atoms with E-state index in [1.54, 1.807) is 6.07 Å². The number of nitro groups is 1. The van der Waals surface area contributed by atoms with E-state index < -0.39 is 0 Å². The molecule has 0 unspecified atom stereocenters. The van der Waals surface area contributed by atoms with Crippen molar-refractivity contribution in [3.63, 3.8) is 0 Å². The number of nitrogens with one attached hydrogen (secondary N) is 1. The van der Waals surface area contributed by atoms with Crippen LogP contribution in [0.2, 0.25) is 0 Å². The lowest BCUT2D eigenvalue weighted by Gasteiger charge is -2.08. The topological polar surface area (TPSA) is 55.2 Å². The summed E-state index contributed by atoms with van der Waals surface area (Å²) in [5.41, 5.74) is 1.03. The van der Waals surface area contributed by atoms with Crippen molar-refractivity contribution in [2.45, 2.75) is 20.4 Å². The standard InChI is InChI=1S/C11H15BrN2O2/c1-8(2)6-13-7-9-4-3-5-10(11(9)12)14(15)16/h3-5,8,13H,6-7H2,1-2H3. The van der Waals surface area contributed by atoms with Crippen LogP contribution in [-0.2, 0) is 6.54 Å². The first-order valence-corrected chi connectivity index (χ1v) is 5.94. The molecule has 0 aliphatic carbocycles. The van der Waals surface area contributed by atoms with Crippen molar-refractivity contribution in [2.75, 3.05) is 6.54 Å². The number of hydrogen-bond donors (Lipinski definition) is 1. The summed E-state index contributed by atoms with van der Waals surface area (Å²) in [5.74, 6) is 0.567. The summed E-state index contributed by atoms with van der Waals surface area (Å²) >= 11 is 3.27. The molecule has 0 saturated carbocycles. The van der Waals surface area contributed by atoms with Crippen LogP contribution in [0.1, 0.15) is 19.4 Å².